The van der Waals surface area contributed by atoms with E-state index in [0.717, 1.165) is 4.88 Å². The van der Waals surface area contributed by atoms with Crippen LogP contribution in [0, 0.1) is 0 Å². The smallest absolute Gasteiger partial charge is 0.251 e. The van der Waals surface area contributed by atoms with Crippen molar-refractivity contribution in [3.05, 3.63) is 52.2 Å². The normalized spacial score (nSPS) is 9.95. The number of anilines is 1. The maximum absolute atomic E-state index is 11.8. The Labute approximate surface area is 115 Å². The topological polar surface area (TPSA) is 58.2 Å². The van der Waals surface area contributed by atoms with E-state index in [9.17, 15) is 9.59 Å². The quantitative estimate of drug-likeness (QED) is 0.898. The van der Waals surface area contributed by atoms with E-state index in [1.807, 2.05) is 17.5 Å². The number of carbonyl (C=O) groups is 2. The lowest BCUT2D eigenvalue weighted by Gasteiger charge is -2.05. The highest BCUT2D eigenvalue weighted by atomic mass is 32.1. The number of benzene rings is 1. The van der Waals surface area contributed by atoms with Crippen LogP contribution in [-0.2, 0) is 11.2 Å². The van der Waals surface area contributed by atoms with Gasteiger partial charge < -0.3 is 10.6 Å². The Morgan fingerprint density at radius 2 is 1.89 bits per heavy atom. The first-order valence-electron chi connectivity index (χ1n) is 5.83. The molecule has 0 saturated carbocycles. The molecule has 4 nitrogen and oxygen atoms in total. The zero-order chi connectivity index (χ0) is 13.7. The van der Waals surface area contributed by atoms with Crippen LogP contribution in [0.25, 0.3) is 0 Å². The van der Waals surface area contributed by atoms with Crippen molar-refractivity contribution >= 4 is 28.8 Å². The minimum atomic E-state index is -0.142. The molecule has 0 aliphatic heterocycles. The highest BCUT2D eigenvalue weighted by molar-refractivity contribution is 7.10. The van der Waals surface area contributed by atoms with Crippen molar-refractivity contribution < 1.29 is 9.59 Å². The third-order valence-electron chi connectivity index (χ3n) is 2.57. The molecule has 2 amide bonds. The summed E-state index contributed by atoms with van der Waals surface area (Å²) in [7, 11) is 1.58. The summed E-state index contributed by atoms with van der Waals surface area (Å²) in [4.78, 5) is 24.2. The number of carbonyl (C=O) groups excluding carboxylic acids is 2. The van der Waals surface area contributed by atoms with Gasteiger partial charge >= 0.3 is 0 Å². The van der Waals surface area contributed by atoms with Gasteiger partial charge in [-0.25, -0.2) is 0 Å². The Morgan fingerprint density at radius 1 is 1.16 bits per heavy atom. The zero-order valence-corrected chi connectivity index (χ0v) is 11.3. The molecular formula is C14H14N2O2S. The molecule has 0 bridgehead atoms. The predicted molar refractivity (Wildman–Crippen MR) is 76.5 cm³/mol. The summed E-state index contributed by atoms with van der Waals surface area (Å²) >= 11 is 1.56. The molecule has 2 N–H and O–H groups in total. The molecule has 1 aromatic carbocycles. The van der Waals surface area contributed by atoms with Crippen LogP contribution < -0.4 is 10.6 Å². The highest BCUT2D eigenvalue weighted by Gasteiger charge is 2.06. The van der Waals surface area contributed by atoms with Gasteiger partial charge in [0, 0.05) is 23.2 Å². The van der Waals surface area contributed by atoms with Crippen LogP contribution in [0.3, 0.4) is 0 Å². The molecule has 0 atom stereocenters. The van der Waals surface area contributed by atoms with Gasteiger partial charge in [-0.3, -0.25) is 9.59 Å². The summed E-state index contributed by atoms with van der Waals surface area (Å²) < 4.78 is 0. The number of amides is 2. The van der Waals surface area contributed by atoms with Crippen molar-refractivity contribution in [2.24, 2.45) is 0 Å². The summed E-state index contributed by atoms with van der Waals surface area (Å²) in [5, 5.41) is 7.29. The third-order valence-corrected chi connectivity index (χ3v) is 3.45. The summed E-state index contributed by atoms with van der Waals surface area (Å²) in [5.74, 6) is -0.202. The monoisotopic (exact) mass is 274 g/mol. The molecule has 0 saturated heterocycles. The Kier molecular flexibility index (Phi) is 4.30. The minimum absolute atomic E-state index is 0.0601. The van der Waals surface area contributed by atoms with Gasteiger partial charge in [-0.2, -0.15) is 0 Å². The Morgan fingerprint density at radius 3 is 2.47 bits per heavy atom. The second-order valence-electron chi connectivity index (χ2n) is 3.96. The number of hydrogen-bond donors (Lipinski definition) is 2. The zero-order valence-electron chi connectivity index (χ0n) is 10.5. The van der Waals surface area contributed by atoms with Crippen LogP contribution >= 0.6 is 11.3 Å². The molecule has 5 heteroatoms. The molecule has 19 heavy (non-hydrogen) atoms. The molecule has 2 rings (SSSR count). The Hall–Kier alpha value is -2.14. The summed E-state index contributed by atoms with van der Waals surface area (Å²) in [5.41, 5.74) is 1.26. The van der Waals surface area contributed by atoms with Crippen LogP contribution in [0.2, 0.25) is 0 Å². The number of thiophene rings is 1. The molecular weight excluding hydrogens is 260 g/mol. The van der Waals surface area contributed by atoms with Gasteiger partial charge in [0.15, 0.2) is 0 Å². The van der Waals surface area contributed by atoms with Crippen LogP contribution in [0.15, 0.2) is 41.8 Å². The first kappa shape index (κ1) is 13.3. The fourth-order valence-corrected chi connectivity index (χ4v) is 2.33. The van der Waals surface area contributed by atoms with E-state index < -0.39 is 0 Å². The van der Waals surface area contributed by atoms with E-state index >= 15 is 0 Å². The summed E-state index contributed by atoms with van der Waals surface area (Å²) in [6.45, 7) is 0. The first-order chi connectivity index (χ1) is 9.19. The van der Waals surface area contributed by atoms with Gasteiger partial charge in [-0.05, 0) is 35.7 Å². The molecule has 1 aromatic heterocycles. The predicted octanol–water partition coefficient (Wildman–Crippen LogP) is 2.29. The molecule has 0 radical (unpaired) electrons. The van der Waals surface area contributed by atoms with Gasteiger partial charge in [0.1, 0.15) is 0 Å². The van der Waals surface area contributed by atoms with E-state index in [1.54, 1.807) is 42.6 Å². The molecule has 0 spiro atoms. The van der Waals surface area contributed by atoms with Crippen LogP contribution in [0.4, 0.5) is 5.69 Å². The third kappa shape index (κ3) is 3.66. The van der Waals surface area contributed by atoms with E-state index in [4.69, 9.17) is 0 Å². The maximum atomic E-state index is 11.8. The fraction of sp³-hybridized carbons (Fsp3) is 0.143. The molecule has 98 valence electrons. The van der Waals surface area contributed by atoms with Gasteiger partial charge in [0.05, 0.1) is 6.42 Å². The van der Waals surface area contributed by atoms with Crippen molar-refractivity contribution in [1.82, 2.24) is 5.32 Å². The lowest BCUT2D eigenvalue weighted by molar-refractivity contribution is -0.115. The standard InChI is InChI=1S/C14H14N2O2S/c1-15-14(18)10-4-6-11(7-5-10)16-13(17)9-12-3-2-8-19-12/h2-8H,9H2,1H3,(H,15,18)(H,16,17). The van der Waals surface area contributed by atoms with E-state index in [0.29, 0.717) is 17.7 Å². The van der Waals surface area contributed by atoms with Crippen molar-refractivity contribution in [3.63, 3.8) is 0 Å². The maximum Gasteiger partial charge on any atom is 0.251 e. The van der Waals surface area contributed by atoms with E-state index in [2.05, 4.69) is 10.6 Å². The Balaban J connectivity index is 1.96. The van der Waals surface area contributed by atoms with Gasteiger partial charge in [0.2, 0.25) is 5.91 Å². The average Bonchev–Trinajstić information content (AvgIpc) is 2.91. The second kappa shape index (κ2) is 6.15. The van der Waals surface area contributed by atoms with Gasteiger partial charge in [-0.1, -0.05) is 6.07 Å². The van der Waals surface area contributed by atoms with E-state index in [1.165, 1.54) is 0 Å². The molecule has 1 heterocycles. The lowest BCUT2D eigenvalue weighted by Crippen LogP contribution is -2.18. The summed E-state index contributed by atoms with van der Waals surface area (Å²) in [6.07, 6.45) is 0.370. The minimum Gasteiger partial charge on any atom is -0.355 e. The van der Waals surface area contributed by atoms with Crippen LogP contribution in [0.1, 0.15) is 15.2 Å². The van der Waals surface area contributed by atoms with Gasteiger partial charge in [-0.15, -0.1) is 11.3 Å². The Bertz CT molecular complexity index is 562. The second-order valence-corrected chi connectivity index (χ2v) is 4.99. The molecule has 2 aromatic rings. The van der Waals surface area contributed by atoms with Crippen molar-refractivity contribution in [2.75, 3.05) is 12.4 Å². The van der Waals surface area contributed by atoms with Crippen molar-refractivity contribution in [1.29, 1.82) is 0 Å². The van der Waals surface area contributed by atoms with Crippen LogP contribution in [0.5, 0.6) is 0 Å². The first-order valence-corrected chi connectivity index (χ1v) is 6.71. The number of rotatable bonds is 4. The number of hydrogen-bond acceptors (Lipinski definition) is 3. The molecule has 0 fully saturated rings. The highest BCUT2D eigenvalue weighted by Crippen LogP contribution is 2.12. The summed E-state index contributed by atoms with van der Waals surface area (Å²) in [6, 6.07) is 10.7. The average molecular weight is 274 g/mol. The molecule has 0 unspecified atom stereocenters. The molecule has 0 aliphatic carbocycles. The number of nitrogens with one attached hydrogen (secondary N) is 2. The van der Waals surface area contributed by atoms with Gasteiger partial charge in [0.25, 0.3) is 5.91 Å². The lowest BCUT2D eigenvalue weighted by atomic mass is 10.2. The van der Waals surface area contributed by atoms with Crippen molar-refractivity contribution in [3.8, 4) is 0 Å². The fourth-order valence-electron chi connectivity index (χ4n) is 1.63. The SMILES string of the molecule is CNC(=O)c1ccc(NC(=O)Cc2cccs2)cc1. The van der Waals surface area contributed by atoms with Crippen molar-refractivity contribution in [2.45, 2.75) is 6.42 Å². The van der Waals surface area contributed by atoms with Crippen LogP contribution in [-0.4, -0.2) is 18.9 Å². The molecule has 0 aliphatic rings. The van der Waals surface area contributed by atoms with E-state index in [-0.39, 0.29) is 11.8 Å². The largest absolute Gasteiger partial charge is 0.355 e.